The van der Waals surface area contributed by atoms with E-state index in [9.17, 15) is 19.4 Å². The van der Waals surface area contributed by atoms with Crippen LogP contribution in [0.25, 0.3) is 0 Å². The molecule has 1 amide bonds. The van der Waals surface area contributed by atoms with Gasteiger partial charge in [-0.1, -0.05) is 230 Å². The molecule has 0 aromatic carbocycles. The fraction of sp³-hybridized carbons (Fsp3) is 0.868. The number of nitrogens with one attached hydrogen (secondary N) is 1. The van der Waals surface area contributed by atoms with Crippen molar-refractivity contribution >= 4 is 13.7 Å². The predicted octanol–water partition coefficient (Wildman–Crippen LogP) is 14.8. The van der Waals surface area contributed by atoms with Crippen LogP contribution >= 0.6 is 7.82 Å². The molecule has 0 radical (unpaired) electrons. The van der Waals surface area contributed by atoms with Gasteiger partial charge in [0, 0.05) is 6.42 Å². The average molecular weight is 895 g/mol. The van der Waals surface area contributed by atoms with E-state index in [2.05, 4.69) is 43.5 Å². The van der Waals surface area contributed by atoms with Crippen molar-refractivity contribution < 1.29 is 32.9 Å². The molecule has 0 saturated heterocycles. The minimum atomic E-state index is -4.60. The van der Waals surface area contributed by atoms with Crippen LogP contribution in [0.1, 0.15) is 245 Å². The van der Waals surface area contributed by atoms with E-state index in [4.69, 9.17) is 9.05 Å². The molecule has 62 heavy (non-hydrogen) atoms. The predicted molar refractivity (Wildman–Crippen MR) is 265 cm³/mol. The molecule has 0 rings (SSSR count). The van der Waals surface area contributed by atoms with Gasteiger partial charge in [0.15, 0.2) is 0 Å². The van der Waals surface area contributed by atoms with E-state index < -0.39 is 20.0 Å². The Hall–Kier alpha value is -1.28. The van der Waals surface area contributed by atoms with Gasteiger partial charge in [-0.05, 0) is 44.9 Å². The van der Waals surface area contributed by atoms with Crippen LogP contribution in [0.4, 0.5) is 0 Å². The largest absolute Gasteiger partial charge is 0.756 e. The molecule has 0 aromatic heterocycles. The van der Waals surface area contributed by atoms with Crippen LogP contribution in [-0.2, 0) is 18.4 Å². The summed E-state index contributed by atoms with van der Waals surface area (Å²) in [4.78, 5) is 25.4. The van der Waals surface area contributed by atoms with Gasteiger partial charge in [-0.3, -0.25) is 9.36 Å². The zero-order valence-electron chi connectivity index (χ0n) is 41.6. The number of allylic oxidation sites excluding steroid dienone is 5. The lowest BCUT2D eigenvalue weighted by Gasteiger charge is -2.29. The summed E-state index contributed by atoms with van der Waals surface area (Å²) in [6, 6.07) is -0.893. The molecule has 2 N–H and O–H groups in total. The number of carbonyl (C=O) groups excluding carboxylic acids is 1. The number of quaternary nitrogens is 1. The molecule has 0 heterocycles. The van der Waals surface area contributed by atoms with Gasteiger partial charge in [0.25, 0.3) is 7.82 Å². The number of hydrogen-bond acceptors (Lipinski definition) is 6. The number of phosphoric acid groups is 1. The summed E-state index contributed by atoms with van der Waals surface area (Å²) in [5.74, 6) is -0.210. The van der Waals surface area contributed by atoms with Crippen molar-refractivity contribution in [2.75, 3.05) is 40.9 Å². The Kier molecular flexibility index (Phi) is 44.0. The van der Waals surface area contributed by atoms with Crippen LogP contribution in [0.5, 0.6) is 0 Å². The van der Waals surface area contributed by atoms with E-state index in [0.717, 1.165) is 64.2 Å². The summed E-state index contributed by atoms with van der Waals surface area (Å²) < 4.78 is 23.3. The number of aliphatic hydroxyl groups excluding tert-OH is 1. The van der Waals surface area contributed by atoms with Gasteiger partial charge in [0.1, 0.15) is 13.2 Å². The van der Waals surface area contributed by atoms with Gasteiger partial charge in [-0.15, -0.1) is 0 Å². The molecular formula is C53H103N2O6P. The Morgan fingerprint density at radius 2 is 0.952 bits per heavy atom. The molecule has 0 saturated carbocycles. The zero-order valence-corrected chi connectivity index (χ0v) is 42.5. The fourth-order valence-corrected chi connectivity index (χ4v) is 8.36. The van der Waals surface area contributed by atoms with Crippen LogP contribution in [-0.4, -0.2) is 68.5 Å². The number of hydrogen-bond donors (Lipinski definition) is 2. The molecule has 0 bridgehead atoms. The summed E-state index contributed by atoms with van der Waals surface area (Å²) in [5.41, 5.74) is 0. The van der Waals surface area contributed by atoms with Crippen molar-refractivity contribution in [2.45, 2.75) is 257 Å². The number of amides is 1. The smallest absolute Gasteiger partial charge is 0.268 e. The van der Waals surface area contributed by atoms with E-state index in [1.54, 1.807) is 6.08 Å². The molecule has 8 nitrogen and oxygen atoms in total. The minimum absolute atomic E-state index is 0.00386. The molecular weight excluding hydrogens is 792 g/mol. The van der Waals surface area contributed by atoms with E-state index in [1.807, 2.05) is 27.2 Å². The van der Waals surface area contributed by atoms with Crippen molar-refractivity contribution in [3.63, 3.8) is 0 Å². The van der Waals surface area contributed by atoms with Crippen molar-refractivity contribution in [3.05, 3.63) is 36.5 Å². The highest BCUT2D eigenvalue weighted by atomic mass is 31.2. The number of rotatable bonds is 48. The summed E-state index contributed by atoms with van der Waals surface area (Å²) in [7, 11) is 1.25. The van der Waals surface area contributed by atoms with E-state index in [0.29, 0.717) is 17.4 Å². The van der Waals surface area contributed by atoms with Crippen LogP contribution in [0.15, 0.2) is 36.5 Å². The topological polar surface area (TPSA) is 108 Å². The molecule has 0 aliphatic rings. The second-order valence-corrected chi connectivity index (χ2v) is 20.6. The van der Waals surface area contributed by atoms with Gasteiger partial charge in [-0.2, -0.15) is 0 Å². The molecule has 0 aromatic rings. The van der Waals surface area contributed by atoms with Crippen molar-refractivity contribution in [1.82, 2.24) is 5.32 Å². The first-order valence-electron chi connectivity index (χ1n) is 26.4. The van der Waals surface area contributed by atoms with Crippen LogP contribution in [0.3, 0.4) is 0 Å². The maximum absolute atomic E-state index is 12.9. The summed E-state index contributed by atoms with van der Waals surface area (Å²) in [6.07, 6.45) is 56.4. The van der Waals surface area contributed by atoms with Gasteiger partial charge in [0.2, 0.25) is 5.91 Å². The van der Waals surface area contributed by atoms with Crippen molar-refractivity contribution in [3.8, 4) is 0 Å². The Morgan fingerprint density at radius 1 is 0.565 bits per heavy atom. The second kappa shape index (κ2) is 44.9. The van der Waals surface area contributed by atoms with E-state index in [1.165, 1.54) is 161 Å². The van der Waals surface area contributed by atoms with Crippen LogP contribution < -0.4 is 10.2 Å². The van der Waals surface area contributed by atoms with Crippen molar-refractivity contribution in [2.24, 2.45) is 0 Å². The Balaban J connectivity index is 4.21. The number of unbranched alkanes of at least 4 members (excludes halogenated alkanes) is 31. The number of carbonyl (C=O) groups is 1. The molecule has 0 aliphatic heterocycles. The Labute approximate surface area is 385 Å². The number of phosphoric ester groups is 1. The number of aliphatic hydroxyl groups is 1. The first kappa shape index (κ1) is 60.7. The third-order valence-electron chi connectivity index (χ3n) is 11.8. The minimum Gasteiger partial charge on any atom is -0.756 e. The third kappa shape index (κ3) is 46.7. The third-order valence-corrected chi connectivity index (χ3v) is 12.8. The lowest BCUT2D eigenvalue weighted by Crippen LogP contribution is -2.45. The van der Waals surface area contributed by atoms with E-state index in [-0.39, 0.29) is 19.1 Å². The lowest BCUT2D eigenvalue weighted by atomic mass is 10.0. The molecule has 0 aliphatic carbocycles. The summed E-state index contributed by atoms with van der Waals surface area (Å²) in [5, 5.41) is 13.8. The van der Waals surface area contributed by atoms with Gasteiger partial charge < -0.3 is 28.8 Å². The highest BCUT2D eigenvalue weighted by Gasteiger charge is 2.23. The highest BCUT2D eigenvalue weighted by Crippen LogP contribution is 2.38. The first-order chi connectivity index (χ1) is 30.0. The molecule has 3 unspecified atom stereocenters. The number of likely N-dealkylation sites (N-methyl/N-ethyl adjacent to an activating group) is 1. The SMILES string of the molecule is CCCC/C=C\C/C=C\CCCCCCCC(=O)NC(COP(=O)([O-])OCC[N+](C)(C)C)C(O)/C=C/CCCCCCCCCCCCCCCCCCCCCCCCCC. The van der Waals surface area contributed by atoms with Crippen molar-refractivity contribution in [1.29, 1.82) is 0 Å². The van der Waals surface area contributed by atoms with Gasteiger partial charge in [0.05, 0.1) is 39.9 Å². The molecule has 3 atom stereocenters. The Morgan fingerprint density at radius 3 is 1.39 bits per heavy atom. The molecule has 366 valence electrons. The highest BCUT2D eigenvalue weighted by molar-refractivity contribution is 7.45. The zero-order chi connectivity index (χ0) is 45.7. The molecule has 0 fully saturated rings. The normalized spacial score (nSPS) is 14.4. The second-order valence-electron chi connectivity index (χ2n) is 19.2. The maximum Gasteiger partial charge on any atom is 0.268 e. The lowest BCUT2D eigenvalue weighted by molar-refractivity contribution is -0.870. The van der Waals surface area contributed by atoms with Crippen LogP contribution in [0.2, 0.25) is 0 Å². The van der Waals surface area contributed by atoms with Gasteiger partial charge in [-0.25, -0.2) is 0 Å². The average Bonchev–Trinajstić information content (AvgIpc) is 3.23. The maximum atomic E-state index is 12.9. The van der Waals surface area contributed by atoms with Gasteiger partial charge >= 0.3 is 0 Å². The van der Waals surface area contributed by atoms with E-state index >= 15 is 0 Å². The number of nitrogens with zero attached hydrogens (tertiary/aromatic N) is 1. The fourth-order valence-electron chi connectivity index (χ4n) is 7.64. The quantitative estimate of drug-likeness (QED) is 0.0273. The Bertz CT molecular complexity index is 1110. The summed E-state index contributed by atoms with van der Waals surface area (Å²) >= 11 is 0. The monoisotopic (exact) mass is 895 g/mol. The standard InChI is InChI=1S/C53H103N2O6P/c1-6-8-10-12-14-16-18-20-22-23-24-25-26-27-28-29-30-31-32-33-34-36-38-40-42-44-46-52(56)51(50-61-62(58,59)60-49-48-55(3,4)5)54-53(57)47-45-43-41-39-37-35-21-19-17-15-13-11-9-7-2/h13,15,19,21,44,46,51-52,56H,6-12,14,16-18,20,22-43,45,47-50H2,1-5H3,(H-,54,57,58,59)/b15-13-,21-19-,46-44+. The summed E-state index contributed by atoms with van der Waals surface area (Å²) in [6.45, 7) is 4.61. The molecule has 9 heteroatoms. The molecule has 0 spiro atoms. The van der Waals surface area contributed by atoms with Crippen LogP contribution in [0, 0.1) is 0 Å². The first-order valence-corrected chi connectivity index (χ1v) is 27.8.